The lowest BCUT2D eigenvalue weighted by Gasteiger charge is -2.36. The van der Waals surface area contributed by atoms with E-state index in [1.54, 1.807) is 0 Å². The Morgan fingerprint density at radius 3 is 2.72 bits per heavy atom. The summed E-state index contributed by atoms with van der Waals surface area (Å²) in [6.07, 6.45) is 9.10. The van der Waals surface area contributed by atoms with Gasteiger partial charge in [-0.25, -0.2) is 0 Å². The summed E-state index contributed by atoms with van der Waals surface area (Å²) < 4.78 is 0. The van der Waals surface area contributed by atoms with Gasteiger partial charge in [-0.3, -0.25) is 0 Å². The molecule has 3 heteroatoms. The van der Waals surface area contributed by atoms with E-state index in [-0.39, 0.29) is 0 Å². The Bertz CT molecular complexity index is 211. The van der Waals surface area contributed by atoms with E-state index in [4.69, 9.17) is 0 Å². The largest absolute Gasteiger partial charge is 0.314 e. The zero-order valence-corrected chi connectivity index (χ0v) is 13.6. The van der Waals surface area contributed by atoms with Crippen molar-refractivity contribution in [1.29, 1.82) is 0 Å². The molecule has 18 heavy (non-hydrogen) atoms. The summed E-state index contributed by atoms with van der Waals surface area (Å²) in [5.41, 5.74) is 0. The van der Waals surface area contributed by atoms with Gasteiger partial charge in [0.25, 0.3) is 0 Å². The monoisotopic (exact) mass is 272 g/mol. The average molecular weight is 273 g/mol. The molecule has 0 aromatic heterocycles. The van der Waals surface area contributed by atoms with Crippen molar-refractivity contribution in [2.75, 3.05) is 32.1 Å². The highest BCUT2D eigenvalue weighted by atomic mass is 32.2. The van der Waals surface area contributed by atoms with Gasteiger partial charge in [-0.2, -0.15) is 11.8 Å². The van der Waals surface area contributed by atoms with E-state index in [9.17, 15) is 0 Å². The van der Waals surface area contributed by atoms with Crippen LogP contribution in [0.4, 0.5) is 0 Å². The second-order valence-electron chi connectivity index (χ2n) is 5.85. The van der Waals surface area contributed by atoms with E-state index < -0.39 is 0 Å². The van der Waals surface area contributed by atoms with Crippen molar-refractivity contribution in [1.82, 2.24) is 10.2 Å². The van der Waals surface area contributed by atoms with Crippen molar-refractivity contribution in [3.05, 3.63) is 0 Å². The van der Waals surface area contributed by atoms with Gasteiger partial charge in [0.05, 0.1) is 0 Å². The molecule has 0 heterocycles. The van der Waals surface area contributed by atoms with Crippen LogP contribution in [-0.2, 0) is 0 Å². The van der Waals surface area contributed by atoms with Crippen molar-refractivity contribution < 1.29 is 0 Å². The summed E-state index contributed by atoms with van der Waals surface area (Å²) >= 11 is 1.96. The van der Waals surface area contributed by atoms with Gasteiger partial charge in [-0.1, -0.05) is 19.8 Å². The van der Waals surface area contributed by atoms with Gasteiger partial charge in [0.15, 0.2) is 0 Å². The summed E-state index contributed by atoms with van der Waals surface area (Å²) in [5.74, 6) is 2.11. The molecule has 1 fully saturated rings. The SMILES string of the molecule is CCCNC1CCCCC1CN(C)C(C)CSC. The molecule has 2 nitrogen and oxygen atoms in total. The van der Waals surface area contributed by atoms with Crippen LogP contribution in [0.2, 0.25) is 0 Å². The quantitative estimate of drug-likeness (QED) is 0.730. The van der Waals surface area contributed by atoms with E-state index in [0.29, 0.717) is 6.04 Å². The number of hydrogen-bond donors (Lipinski definition) is 1. The maximum atomic E-state index is 3.77. The third-order valence-electron chi connectivity index (χ3n) is 4.25. The summed E-state index contributed by atoms with van der Waals surface area (Å²) in [6.45, 7) is 7.07. The van der Waals surface area contributed by atoms with E-state index in [0.717, 1.165) is 12.0 Å². The van der Waals surface area contributed by atoms with Crippen molar-refractivity contribution in [2.24, 2.45) is 5.92 Å². The number of nitrogens with one attached hydrogen (secondary N) is 1. The van der Waals surface area contributed by atoms with Crippen LogP contribution < -0.4 is 5.32 Å². The molecule has 1 aliphatic carbocycles. The molecule has 0 spiro atoms. The maximum absolute atomic E-state index is 3.77. The highest BCUT2D eigenvalue weighted by Crippen LogP contribution is 2.25. The molecule has 1 saturated carbocycles. The molecule has 0 aromatic carbocycles. The third kappa shape index (κ3) is 5.50. The first kappa shape index (κ1) is 16.3. The molecule has 0 radical (unpaired) electrons. The van der Waals surface area contributed by atoms with Crippen molar-refractivity contribution >= 4 is 11.8 Å². The van der Waals surface area contributed by atoms with E-state index in [1.165, 1.54) is 50.9 Å². The molecule has 0 saturated heterocycles. The van der Waals surface area contributed by atoms with Gasteiger partial charge < -0.3 is 10.2 Å². The molecule has 1 N–H and O–H groups in total. The van der Waals surface area contributed by atoms with Crippen LogP contribution >= 0.6 is 11.8 Å². The highest BCUT2D eigenvalue weighted by Gasteiger charge is 2.26. The molecule has 3 unspecified atom stereocenters. The van der Waals surface area contributed by atoms with Crippen LogP contribution in [0.15, 0.2) is 0 Å². The molecule has 1 aliphatic rings. The Hall–Kier alpha value is 0.270. The number of nitrogens with zero attached hydrogens (tertiary/aromatic N) is 1. The summed E-state index contributed by atoms with van der Waals surface area (Å²) in [6, 6.07) is 1.47. The summed E-state index contributed by atoms with van der Waals surface area (Å²) in [7, 11) is 2.30. The lowest BCUT2D eigenvalue weighted by Crippen LogP contribution is -2.45. The van der Waals surface area contributed by atoms with E-state index >= 15 is 0 Å². The van der Waals surface area contributed by atoms with Gasteiger partial charge >= 0.3 is 0 Å². The zero-order chi connectivity index (χ0) is 13.4. The molecule has 0 aromatic rings. The fourth-order valence-corrected chi connectivity index (χ4v) is 3.68. The minimum Gasteiger partial charge on any atom is -0.314 e. The predicted octanol–water partition coefficient (Wildman–Crippen LogP) is 3.23. The Balaban J connectivity index is 2.40. The van der Waals surface area contributed by atoms with Crippen LogP contribution in [0.5, 0.6) is 0 Å². The molecule has 0 amide bonds. The van der Waals surface area contributed by atoms with Gasteiger partial charge in [0, 0.05) is 24.4 Å². The zero-order valence-electron chi connectivity index (χ0n) is 12.7. The lowest BCUT2D eigenvalue weighted by molar-refractivity contribution is 0.168. The first-order valence-electron chi connectivity index (χ1n) is 7.61. The standard InChI is InChI=1S/C15H32N2S/c1-5-10-16-15-9-7-6-8-14(15)11-17(3)13(2)12-18-4/h13-16H,5-12H2,1-4H3. The van der Waals surface area contributed by atoms with Crippen LogP contribution in [0.3, 0.4) is 0 Å². The van der Waals surface area contributed by atoms with Crippen molar-refractivity contribution in [2.45, 2.75) is 58.0 Å². The lowest BCUT2D eigenvalue weighted by atomic mass is 9.84. The predicted molar refractivity (Wildman–Crippen MR) is 84.5 cm³/mol. The Morgan fingerprint density at radius 2 is 2.06 bits per heavy atom. The topological polar surface area (TPSA) is 15.3 Å². The smallest absolute Gasteiger partial charge is 0.0155 e. The fourth-order valence-electron chi connectivity index (χ4n) is 2.94. The van der Waals surface area contributed by atoms with Crippen LogP contribution in [-0.4, -0.2) is 49.1 Å². The van der Waals surface area contributed by atoms with Gasteiger partial charge in [0.2, 0.25) is 0 Å². The van der Waals surface area contributed by atoms with E-state index in [1.807, 2.05) is 11.8 Å². The molecule has 3 atom stereocenters. The molecular formula is C15H32N2S. The van der Waals surface area contributed by atoms with Crippen molar-refractivity contribution in [3.8, 4) is 0 Å². The second-order valence-corrected chi connectivity index (χ2v) is 6.76. The minimum atomic E-state index is 0.703. The van der Waals surface area contributed by atoms with Crippen LogP contribution in [0, 0.1) is 5.92 Å². The van der Waals surface area contributed by atoms with Crippen LogP contribution in [0.25, 0.3) is 0 Å². The first-order chi connectivity index (χ1) is 8.69. The van der Waals surface area contributed by atoms with Gasteiger partial charge in [0.1, 0.15) is 0 Å². The van der Waals surface area contributed by atoms with Gasteiger partial charge in [-0.15, -0.1) is 0 Å². The normalized spacial score (nSPS) is 26.5. The summed E-state index contributed by atoms with van der Waals surface area (Å²) in [5, 5.41) is 3.77. The molecular weight excluding hydrogens is 240 g/mol. The number of hydrogen-bond acceptors (Lipinski definition) is 3. The molecule has 0 aliphatic heterocycles. The van der Waals surface area contributed by atoms with Gasteiger partial charge in [-0.05, 0) is 52.0 Å². The van der Waals surface area contributed by atoms with E-state index in [2.05, 4.69) is 37.4 Å². The molecule has 0 bridgehead atoms. The van der Waals surface area contributed by atoms with Crippen molar-refractivity contribution in [3.63, 3.8) is 0 Å². The summed E-state index contributed by atoms with van der Waals surface area (Å²) in [4.78, 5) is 2.56. The second kappa shape index (κ2) is 9.22. The Kier molecular flexibility index (Phi) is 8.36. The Morgan fingerprint density at radius 1 is 1.33 bits per heavy atom. The fraction of sp³-hybridized carbons (Fsp3) is 1.00. The molecule has 1 rings (SSSR count). The molecule has 108 valence electrons. The highest BCUT2D eigenvalue weighted by molar-refractivity contribution is 7.98. The van der Waals surface area contributed by atoms with Crippen LogP contribution in [0.1, 0.15) is 46.0 Å². The maximum Gasteiger partial charge on any atom is 0.0155 e. The minimum absolute atomic E-state index is 0.703. The number of rotatable bonds is 8. The third-order valence-corrected chi connectivity index (χ3v) is 5.06. The number of thioether (sulfide) groups is 1. The average Bonchev–Trinajstić information content (AvgIpc) is 2.38. The Labute approximate surface area is 118 Å². The first-order valence-corrected chi connectivity index (χ1v) is 9.01.